The van der Waals surface area contributed by atoms with Gasteiger partial charge in [-0.3, -0.25) is 14.4 Å². The van der Waals surface area contributed by atoms with E-state index in [1.807, 2.05) is 0 Å². The Kier molecular flexibility index (Phi) is 20.5. The summed E-state index contributed by atoms with van der Waals surface area (Å²) in [6.07, 6.45) is 12.7. The molecule has 0 aliphatic rings. The van der Waals surface area contributed by atoms with Gasteiger partial charge in [-0.05, 0) is 25.8 Å². The van der Waals surface area contributed by atoms with Gasteiger partial charge in [-0.1, -0.05) is 71.1 Å². The number of carboxylic acid groups (broad SMARTS) is 3. The number of hydrogen-bond acceptors (Lipinski definition) is 5. The molecule has 0 aliphatic heterocycles. The number of nitrogens with two attached hydrogens (primary N) is 2. The fourth-order valence-corrected chi connectivity index (χ4v) is 2.64. The van der Waals surface area contributed by atoms with Crippen LogP contribution in [0.2, 0.25) is 0 Å². The molecule has 7 N–H and O–H groups in total. The van der Waals surface area contributed by atoms with Crippen molar-refractivity contribution in [2.75, 3.05) is 6.54 Å². The average molecular weight is 405 g/mol. The van der Waals surface area contributed by atoms with Crippen molar-refractivity contribution in [2.24, 2.45) is 17.4 Å². The van der Waals surface area contributed by atoms with Gasteiger partial charge < -0.3 is 26.8 Å². The molecule has 8 nitrogen and oxygen atoms in total. The average Bonchev–Trinajstić information content (AvgIpc) is 2.63. The monoisotopic (exact) mass is 404 g/mol. The molecule has 0 saturated carbocycles. The normalized spacial score (nSPS) is 11.6. The number of carbonyl (C=O) groups is 3. The Morgan fingerprint density at radius 1 is 0.679 bits per heavy atom. The number of hydrogen-bond donors (Lipinski definition) is 5. The van der Waals surface area contributed by atoms with Crippen molar-refractivity contribution in [3.05, 3.63) is 0 Å². The van der Waals surface area contributed by atoms with Crippen molar-refractivity contribution in [3.63, 3.8) is 0 Å². The zero-order valence-electron chi connectivity index (χ0n) is 17.3. The third-order valence-corrected chi connectivity index (χ3v) is 4.48. The zero-order chi connectivity index (χ0) is 21.8. The second-order valence-electron chi connectivity index (χ2n) is 7.08. The predicted octanol–water partition coefficient (Wildman–Crippen LogP) is 3.22. The van der Waals surface area contributed by atoms with Crippen molar-refractivity contribution in [1.82, 2.24) is 0 Å². The molecule has 0 heterocycles. The highest BCUT2D eigenvalue weighted by Crippen LogP contribution is 2.14. The first kappa shape index (κ1) is 28.5. The van der Waals surface area contributed by atoms with Crippen LogP contribution < -0.4 is 11.5 Å². The topological polar surface area (TPSA) is 164 Å². The Labute approximate surface area is 168 Å². The molecule has 28 heavy (non-hydrogen) atoms. The molecule has 0 radical (unpaired) electrons. The van der Waals surface area contributed by atoms with Crippen molar-refractivity contribution >= 4 is 17.9 Å². The van der Waals surface area contributed by atoms with Crippen LogP contribution in [0, 0.1) is 5.92 Å². The Balaban J connectivity index is 0. The Morgan fingerprint density at radius 2 is 1.11 bits per heavy atom. The van der Waals surface area contributed by atoms with Crippen molar-refractivity contribution in [3.8, 4) is 0 Å². The minimum Gasteiger partial charge on any atom is -0.481 e. The summed E-state index contributed by atoms with van der Waals surface area (Å²) >= 11 is 0. The van der Waals surface area contributed by atoms with Crippen molar-refractivity contribution in [1.29, 1.82) is 0 Å². The molecular formula is C20H40N2O6. The van der Waals surface area contributed by atoms with E-state index in [-0.39, 0.29) is 6.42 Å². The number of carboxylic acids is 3. The summed E-state index contributed by atoms with van der Waals surface area (Å²) in [7, 11) is 0. The molecule has 0 spiro atoms. The van der Waals surface area contributed by atoms with E-state index in [0.29, 0.717) is 19.4 Å². The molecule has 1 atom stereocenters. The van der Waals surface area contributed by atoms with Gasteiger partial charge in [0.1, 0.15) is 6.04 Å². The number of aliphatic carboxylic acids is 3. The van der Waals surface area contributed by atoms with Crippen LogP contribution in [0.25, 0.3) is 0 Å². The van der Waals surface area contributed by atoms with Crippen LogP contribution in [-0.4, -0.2) is 45.8 Å². The van der Waals surface area contributed by atoms with Gasteiger partial charge in [-0.15, -0.1) is 0 Å². The number of unbranched alkanes of at least 4 members (excludes halogenated alkanes) is 9. The maximum Gasteiger partial charge on any atom is 0.320 e. The van der Waals surface area contributed by atoms with Gasteiger partial charge in [0.2, 0.25) is 0 Å². The first-order chi connectivity index (χ1) is 13.3. The summed E-state index contributed by atoms with van der Waals surface area (Å²) in [5.41, 5.74) is 10.4. The summed E-state index contributed by atoms with van der Waals surface area (Å²) < 4.78 is 0. The predicted molar refractivity (Wildman–Crippen MR) is 109 cm³/mol. The lowest BCUT2D eigenvalue weighted by molar-refractivity contribution is -0.154. The standard InChI is InChI=1S/C14H26O4.C6H14N2O2/c1-2-3-4-5-6-7-8-9-10-11-12(13(15)16)14(17)18;7-4-2-1-3-5(8)6(9)10/h12H,2-11H2,1H3,(H,15,16)(H,17,18);5H,1-4,7-8H2,(H,9,10)/t;5-/m.0/s1. The highest BCUT2D eigenvalue weighted by molar-refractivity contribution is 5.92. The van der Waals surface area contributed by atoms with E-state index >= 15 is 0 Å². The molecular weight excluding hydrogens is 364 g/mol. The third kappa shape index (κ3) is 19.1. The van der Waals surface area contributed by atoms with E-state index in [1.54, 1.807) is 0 Å². The minimum absolute atomic E-state index is 0.250. The van der Waals surface area contributed by atoms with Gasteiger partial charge in [0.05, 0.1) is 0 Å². The van der Waals surface area contributed by atoms with E-state index in [9.17, 15) is 14.4 Å². The maximum atomic E-state index is 10.6. The lowest BCUT2D eigenvalue weighted by atomic mass is 10.00. The Hall–Kier alpha value is -1.67. The van der Waals surface area contributed by atoms with Crippen LogP contribution in [0.4, 0.5) is 0 Å². The summed E-state index contributed by atoms with van der Waals surface area (Å²) in [6.45, 7) is 2.80. The molecule has 8 heteroatoms. The van der Waals surface area contributed by atoms with E-state index in [1.165, 1.54) is 38.5 Å². The molecule has 166 valence electrons. The van der Waals surface area contributed by atoms with Gasteiger partial charge in [0, 0.05) is 0 Å². The fourth-order valence-electron chi connectivity index (χ4n) is 2.64. The maximum absolute atomic E-state index is 10.6. The molecule has 0 amide bonds. The zero-order valence-corrected chi connectivity index (χ0v) is 17.3. The van der Waals surface area contributed by atoms with Gasteiger partial charge in [0.25, 0.3) is 0 Å². The van der Waals surface area contributed by atoms with Gasteiger partial charge in [-0.25, -0.2) is 0 Å². The molecule has 0 aromatic rings. The molecule has 0 bridgehead atoms. The van der Waals surface area contributed by atoms with Crippen molar-refractivity contribution in [2.45, 2.75) is 96.4 Å². The summed E-state index contributed by atoms with van der Waals surface area (Å²) in [4.78, 5) is 31.4. The van der Waals surface area contributed by atoms with Crippen LogP contribution >= 0.6 is 0 Å². The van der Waals surface area contributed by atoms with Crippen LogP contribution in [0.15, 0.2) is 0 Å². The SMILES string of the molecule is CCCCCCCCCCCC(C(=O)O)C(=O)O.NCCCC[C@H](N)C(=O)O. The summed E-state index contributed by atoms with van der Waals surface area (Å²) in [5, 5.41) is 25.7. The Morgan fingerprint density at radius 3 is 1.50 bits per heavy atom. The number of rotatable bonds is 17. The minimum atomic E-state index is -1.23. The second-order valence-corrected chi connectivity index (χ2v) is 7.08. The summed E-state index contributed by atoms with van der Waals surface area (Å²) in [6, 6.07) is -0.716. The highest BCUT2D eigenvalue weighted by atomic mass is 16.4. The van der Waals surface area contributed by atoms with E-state index in [0.717, 1.165) is 25.7 Å². The molecule has 0 rings (SSSR count). The van der Waals surface area contributed by atoms with Gasteiger partial charge in [-0.2, -0.15) is 0 Å². The molecule has 0 unspecified atom stereocenters. The highest BCUT2D eigenvalue weighted by Gasteiger charge is 2.24. The van der Waals surface area contributed by atoms with Crippen molar-refractivity contribution < 1.29 is 29.7 Å². The van der Waals surface area contributed by atoms with E-state index < -0.39 is 29.9 Å². The Bertz CT molecular complexity index is 404. The third-order valence-electron chi connectivity index (χ3n) is 4.48. The smallest absolute Gasteiger partial charge is 0.320 e. The van der Waals surface area contributed by atoms with Crippen LogP contribution in [-0.2, 0) is 14.4 Å². The largest absolute Gasteiger partial charge is 0.481 e. The second kappa shape index (κ2) is 20.1. The van der Waals surface area contributed by atoms with Crippen LogP contribution in [0.3, 0.4) is 0 Å². The summed E-state index contributed by atoms with van der Waals surface area (Å²) in [5.74, 6) is -4.60. The van der Waals surface area contributed by atoms with E-state index in [2.05, 4.69) is 6.92 Å². The van der Waals surface area contributed by atoms with E-state index in [4.69, 9.17) is 26.8 Å². The van der Waals surface area contributed by atoms with Crippen LogP contribution in [0.1, 0.15) is 90.4 Å². The molecule has 0 aromatic carbocycles. The molecule has 0 aliphatic carbocycles. The molecule has 0 aromatic heterocycles. The first-order valence-electron chi connectivity index (χ1n) is 10.4. The lowest BCUT2D eigenvalue weighted by Crippen LogP contribution is -2.29. The molecule has 0 fully saturated rings. The first-order valence-corrected chi connectivity index (χ1v) is 10.4. The molecule has 0 saturated heterocycles. The van der Waals surface area contributed by atoms with Gasteiger partial charge in [0.15, 0.2) is 5.92 Å². The van der Waals surface area contributed by atoms with Gasteiger partial charge >= 0.3 is 17.9 Å². The quantitative estimate of drug-likeness (QED) is 0.182. The lowest BCUT2D eigenvalue weighted by Gasteiger charge is -2.06. The fraction of sp³-hybridized carbons (Fsp3) is 0.850. The van der Waals surface area contributed by atoms with Crippen LogP contribution in [0.5, 0.6) is 0 Å².